The SMILES string of the molecule is O=C(Nc1nnc(CSc2ccccc2)o1)C1CCN(S(=O)(=O)c2ccc(F)cc2)CC1. The molecular weight excluding hydrogens is 455 g/mol. The van der Waals surface area contributed by atoms with Gasteiger partial charge in [0.25, 0.3) is 0 Å². The summed E-state index contributed by atoms with van der Waals surface area (Å²) < 4.78 is 45.3. The lowest BCUT2D eigenvalue weighted by molar-refractivity contribution is -0.121. The van der Waals surface area contributed by atoms with Gasteiger partial charge in [-0.15, -0.1) is 16.9 Å². The number of nitrogens with one attached hydrogen (secondary N) is 1. The van der Waals surface area contributed by atoms with Gasteiger partial charge in [0.05, 0.1) is 10.6 Å². The molecule has 3 aromatic rings. The van der Waals surface area contributed by atoms with E-state index < -0.39 is 15.8 Å². The Morgan fingerprint density at radius 3 is 2.47 bits per heavy atom. The molecule has 0 spiro atoms. The summed E-state index contributed by atoms with van der Waals surface area (Å²) >= 11 is 1.54. The van der Waals surface area contributed by atoms with Gasteiger partial charge in [-0.3, -0.25) is 10.1 Å². The number of benzene rings is 2. The minimum atomic E-state index is -3.72. The molecule has 1 amide bonds. The average molecular weight is 477 g/mol. The lowest BCUT2D eigenvalue weighted by Crippen LogP contribution is -2.41. The van der Waals surface area contributed by atoms with Crippen LogP contribution in [0.5, 0.6) is 0 Å². The Balaban J connectivity index is 1.28. The summed E-state index contributed by atoms with van der Waals surface area (Å²) in [6, 6.07) is 14.5. The number of sulfonamides is 1. The van der Waals surface area contributed by atoms with Crippen molar-refractivity contribution in [2.75, 3.05) is 18.4 Å². The largest absolute Gasteiger partial charge is 0.407 e. The van der Waals surface area contributed by atoms with Gasteiger partial charge in [-0.1, -0.05) is 23.3 Å². The molecule has 0 radical (unpaired) electrons. The predicted molar refractivity (Wildman–Crippen MR) is 117 cm³/mol. The Labute approximate surface area is 189 Å². The molecule has 1 aliphatic heterocycles. The lowest BCUT2D eigenvalue weighted by atomic mass is 9.97. The maximum absolute atomic E-state index is 13.1. The van der Waals surface area contributed by atoms with E-state index in [4.69, 9.17) is 4.42 Å². The first-order valence-electron chi connectivity index (χ1n) is 9.98. The third-order valence-electron chi connectivity index (χ3n) is 5.08. The molecule has 0 saturated carbocycles. The summed E-state index contributed by atoms with van der Waals surface area (Å²) in [6.45, 7) is 0.390. The van der Waals surface area contributed by atoms with Crippen LogP contribution in [-0.4, -0.2) is 41.9 Å². The molecule has 1 saturated heterocycles. The molecule has 1 aromatic heterocycles. The number of hydrogen-bond donors (Lipinski definition) is 1. The van der Waals surface area contributed by atoms with Gasteiger partial charge in [-0.2, -0.15) is 4.31 Å². The van der Waals surface area contributed by atoms with Crippen molar-refractivity contribution >= 4 is 33.7 Å². The molecule has 0 unspecified atom stereocenters. The molecule has 8 nitrogen and oxygen atoms in total. The highest BCUT2D eigenvalue weighted by atomic mass is 32.2. The van der Waals surface area contributed by atoms with Crippen molar-refractivity contribution in [2.45, 2.75) is 28.4 Å². The molecular formula is C21H21FN4O4S2. The fraction of sp³-hybridized carbons (Fsp3) is 0.286. The number of hydrogen-bond acceptors (Lipinski definition) is 7. The van der Waals surface area contributed by atoms with Gasteiger partial charge in [0, 0.05) is 23.9 Å². The Bertz CT molecular complexity index is 1160. The van der Waals surface area contributed by atoms with Gasteiger partial charge in [0.15, 0.2) is 0 Å². The van der Waals surface area contributed by atoms with Crippen LogP contribution >= 0.6 is 11.8 Å². The number of anilines is 1. The molecule has 4 rings (SSSR count). The van der Waals surface area contributed by atoms with Crippen LogP contribution < -0.4 is 5.32 Å². The van der Waals surface area contributed by atoms with E-state index in [0.29, 0.717) is 24.5 Å². The molecule has 1 N–H and O–H groups in total. The molecule has 0 bridgehead atoms. The van der Waals surface area contributed by atoms with Crippen LogP contribution in [0.3, 0.4) is 0 Å². The molecule has 0 aliphatic carbocycles. The first kappa shape index (κ1) is 22.4. The minimum Gasteiger partial charge on any atom is -0.407 e. The fourth-order valence-electron chi connectivity index (χ4n) is 3.35. The number of rotatable bonds is 7. The maximum Gasteiger partial charge on any atom is 0.322 e. The van der Waals surface area contributed by atoms with Crippen molar-refractivity contribution in [1.82, 2.24) is 14.5 Å². The molecule has 32 heavy (non-hydrogen) atoms. The average Bonchev–Trinajstić information content (AvgIpc) is 3.26. The third kappa shape index (κ3) is 5.34. The minimum absolute atomic E-state index is 0.0278. The third-order valence-corrected chi connectivity index (χ3v) is 7.99. The Morgan fingerprint density at radius 1 is 1.09 bits per heavy atom. The summed E-state index contributed by atoms with van der Waals surface area (Å²) in [5.74, 6) is -0.276. The number of halogens is 1. The van der Waals surface area contributed by atoms with E-state index in [9.17, 15) is 17.6 Å². The summed E-state index contributed by atoms with van der Waals surface area (Å²) in [4.78, 5) is 13.7. The fourth-order valence-corrected chi connectivity index (χ4v) is 5.57. The molecule has 0 atom stereocenters. The van der Waals surface area contributed by atoms with Gasteiger partial charge in [0.2, 0.25) is 21.8 Å². The number of carbonyl (C=O) groups excluding carboxylic acids is 1. The summed E-state index contributed by atoms with van der Waals surface area (Å²) in [5, 5.41) is 10.4. The monoisotopic (exact) mass is 476 g/mol. The zero-order chi connectivity index (χ0) is 22.6. The van der Waals surface area contributed by atoms with E-state index in [1.54, 1.807) is 11.8 Å². The molecule has 1 fully saturated rings. The second-order valence-corrected chi connectivity index (χ2v) is 10.2. The Hall–Kier alpha value is -2.76. The van der Waals surface area contributed by atoms with E-state index in [1.807, 2.05) is 30.3 Å². The smallest absolute Gasteiger partial charge is 0.322 e. The zero-order valence-electron chi connectivity index (χ0n) is 17.0. The normalized spacial score (nSPS) is 15.5. The zero-order valence-corrected chi connectivity index (χ0v) is 18.6. The highest BCUT2D eigenvalue weighted by Crippen LogP contribution is 2.26. The van der Waals surface area contributed by atoms with Crippen LogP contribution in [0, 0.1) is 11.7 Å². The molecule has 1 aliphatic rings. The van der Waals surface area contributed by atoms with E-state index in [1.165, 1.54) is 16.4 Å². The van der Waals surface area contributed by atoms with Crippen molar-refractivity contribution in [3.8, 4) is 0 Å². The quantitative estimate of drug-likeness (QED) is 0.520. The molecule has 11 heteroatoms. The van der Waals surface area contributed by atoms with E-state index in [-0.39, 0.29) is 35.8 Å². The van der Waals surface area contributed by atoms with Crippen LogP contribution in [-0.2, 0) is 20.6 Å². The number of piperidine rings is 1. The summed E-state index contributed by atoms with van der Waals surface area (Å²) in [6.07, 6.45) is 0.716. The van der Waals surface area contributed by atoms with Crippen LogP contribution in [0.4, 0.5) is 10.4 Å². The number of nitrogens with zero attached hydrogens (tertiary/aromatic N) is 3. The van der Waals surface area contributed by atoms with E-state index >= 15 is 0 Å². The molecule has 2 aromatic carbocycles. The van der Waals surface area contributed by atoms with E-state index in [2.05, 4.69) is 15.5 Å². The van der Waals surface area contributed by atoms with Crippen molar-refractivity contribution < 1.29 is 22.0 Å². The lowest BCUT2D eigenvalue weighted by Gasteiger charge is -2.30. The first-order valence-corrected chi connectivity index (χ1v) is 12.4. The second kappa shape index (κ2) is 9.80. The second-order valence-electron chi connectivity index (χ2n) is 7.22. The standard InChI is InChI=1S/C21H21FN4O4S2/c22-16-6-8-18(9-7-16)32(28,29)26-12-10-15(11-13-26)20(27)23-21-25-24-19(30-21)14-31-17-4-2-1-3-5-17/h1-9,15H,10-14H2,(H,23,25,27). The number of carbonyl (C=O) groups is 1. The predicted octanol–water partition coefficient (Wildman–Crippen LogP) is 3.54. The highest BCUT2D eigenvalue weighted by Gasteiger charge is 2.32. The van der Waals surface area contributed by atoms with Crippen molar-refractivity contribution in [1.29, 1.82) is 0 Å². The highest BCUT2D eigenvalue weighted by molar-refractivity contribution is 7.98. The van der Waals surface area contributed by atoms with Gasteiger partial charge in [0.1, 0.15) is 5.82 Å². The first-order chi connectivity index (χ1) is 15.4. The molecule has 168 valence electrons. The van der Waals surface area contributed by atoms with Crippen LogP contribution in [0.2, 0.25) is 0 Å². The number of amides is 1. The van der Waals surface area contributed by atoms with E-state index in [0.717, 1.165) is 17.0 Å². The van der Waals surface area contributed by atoms with Crippen LogP contribution in [0.25, 0.3) is 0 Å². The van der Waals surface area contributed by atoms with Crippen molar-refractivity contribution in [3.63, 3.8) is 0 Å². The topological polar surface area (TPSA) is 105 Å². The Morgan fingerprint density at radius 2 is 1.78 bits per heavy atom. The summed E-state index contributed by atoms with van der Waals surface area (Å²) in [7, 11) is -3.72. The van der Waals surface area contributed by atoms with Gasteiger partial charge in [-0.05, 0) is 49.2 Å². The summed E-state index contributed by atoms with van der Waals surface area (Å²) in [5.41, 5.74) is 0. The number of thioether (sulfide) groups is 1. The van der Waals surface area contributed by atoms with Gasteiger partial charge >= 0.3 is 6.01 Å². The van der Waals surface area contributed by atoms with Crippen molar-refractivity contribution in [2.24, 2.45) is 5.92 Å². The molecule has 2 heterocycles. The van der Waals surface area contributed by atoms with Crippen LogP contribution in [0.1, 0.15) is 18.7 Å². The maximum atomic E-state index is 13.1. The number of aromatic nitrogens is 2. The van der Waals surface area contributed by atoms with Crippen LogP contribution in [0.15, 0.2) is 68.8 Å². The van der Waals surface area contributed by atoms with Crippen molar-refractivity contribution in [3.05, 3.63) is 66.3 Å². The van der Waals surface area contributed by atoms with Gasteiger partial charge < -0.3 is 4.42 Å². The Kier molecular flexibility index (Phi) is 6.87. The van der Waals surface area contributed by atoms with Gasteiger partial charge in [-0.25, -0.2) is 12.8 Å².